The fourth-order valence-electron chi connectivity index (χ4n) is 2.17. The third kappa shape index (κ3) is 5.31. The first-order valence-corrected chi connectivity index (χ1v) is 6.06. The third-order valence-electron chi connectivity index (χ3n) is 3.18. The maximum absolute atomic E-state index is 11.7. The molecule has 0 aromatic heterocycles. The molecule has 15 heavy (non-hydrogen) atoms. The lowest BCUT2D eigenvalue weighted by Crippen LogP contribution is -2.11. The van der Waals surface area contributed by atoms with Gasteiger partial charge in [0.05, 0.1) is 6.10 Å². The van der Waals surface area contributed by atoms with Crippen LogP contribution in [0.2, 0.25) is 0 Å². The minimum Gasteiger partial charge on any atom is -0.393 e. The van der Waals surface area contributed by atoms with E-state index in [1.165, 1.54) is 0 Å². The molecule has 2 heteroatoms. The molecule has 0 aliphatic heterocycles. The smallest absolute Gasteiger partial charge is 0.133 e. The van der Waals surface area contributed by atoms with Gasteiger partial charge in [0.2, 0.25) is 0 Å². The minimum atomic E-state index is -0.148. The Kier molecular flexibility index (Phi) is 4.32. The molecule has 1 fully saturated rings. The summed E-state index contributed by atoms with van der Waals surface area (Å²) in [4.78, 5) is 11.7. The lowest BCUT2D eigenvalue weighted by molar-refractivity contribution is -0.120. The Morgan fingerprint density at radius 2 is 2.00 bits per heavy atom. The van der Waals surface area contributed by atoms with E-state index in [9.17, 15) is 9.90 Å². The highest BCUT2D eigenvalue weighted by molar-refractivity contribution is 5.78. The molecule has 1 rings (SSSR count). The molecule has 0 unspecified atom stereocenters. The summed E-state index contributed by atoms with van der Waals surface area (Å²) < 4.78 is 0. The summed E-state index contributed by atoms with van der Waals surface area (Å²) in [5.74, 6) is 0.830. The van der Waals surface area contributed by atoms with Gasteiger partial charge in [0.1, 0.15) is 5.78 Å². The fourth-order valence-corrected chi connectivity index (χ4v) is 2.17. The van der Waals surface area contributed by atoms with Crippen molar-refractivity contribution in [3.05, 3.63) is 0 Å². The average molecular weight is 212 g/mol. The summed E-state index contributed by atoms with van der Waals surface area (Å²) in [6.45, 7) is 6.50. The van der Waals surface area contributed by atoms with E-state index in [1.54, 1.807) is 0 Å². The normalized spacial score (nSPS) is 26.9. The van der Waals surface area contributed by atoms with E-state index in [1.807, 2.05) is 0 Å². The highest BCUT2D eigenvalue weighted by atomic mass is 16.3. The molecule has 2 nitrogen and oxygen atoms in total. The number of Topliss-reactive ketones (excluding diaryl/α,β-unsaturated/α-hetero) is 1. The largest absolute Gasteiger partial charge is 0.393 e. The minimum absolute atomic E-state index is 0.148. The molecule has 0 radical (unpaired) electrons. The van der Waals surface area contributed by atoms with Crippen LogP contribution >= 0.6 is 0 Å². The van der Waals surface area contributed by atoms with Crippen LogP contribution in [0.25, 0.3) is 0 Å². The van der Waals surface area contributed by atoms with Crippen molar-refractivity contribution in [1.29, 1.82) is 0 Å². The van der Waals surface area contributed by atoms with E-state index < -0.39 is 0 Å². The Morgan fingerprint density at radius 3 is 2.47 bits per heavy atom. The van der Waals surface area contributed by atoms with Crippen LogP contribution in [-0.4, -0.2) is 17.0 Å². The monoisotopic (exact) mass is 212 g/mol. The van der Waals surface area contributed by atoms with Crippen molar-refractivity contribution >= 4 is 5.78 Å². The molecular formula is C13H24O2. The molecule has 0 aromatic carbocycles. The highest BCUT2D eigenvalue weighted by Gasteiger charge is 2.25. The lowest BCUT2D eigenvalue weighted by Gasteiger charge is -2.17. The Hall–Kier alpha value is -0.370. The van der Waals surface area contributed by atoms with Gasteiger partial charge < -0.3 is 5.11 Å². The molecule has 2 atom stereocenters. The number of hydrogen-bond acceptors (Lipinski definition) is 2. The fraction of sp³-hybridized carbons (Fsp3) is 0.923. The molecule has 1 saturated carbocycles. The van der Waals surface area contributed by atoms with Crippen LogP contribution in [0, 0.1) is 11.3 Å². The van der Waals surface area contributed by atoms with E-state index in [4.69, 9.17) is 0 Å². The molecule has 0 amide bonds. The van der Waals surface area contributed by atoms with Crippen LogP contribution in [0.5, 0.6) is 0 Å². The quantitative estimate of drug-likeness (QED) is 0.778. The number of rotatable bonds is 4. The van der Waals surface area contributed by atoms with Crippen LogP contribution in [0.3, 0.4) is 0 Å². The zero-order valence-electron chi connectivity index (χ0n) is 10.3. The van der Waals surface area contributed by atoms with Crippen molar-refractivity contribution in [3.63, 3.8) is 0 Å². The summed E-state index contributed by atoms with van der Waals surface area (Å²) >= 11 is 0. The number of aliphatic hydroxyl groups is 1. The first-order chi connectivity index (χ1) is 6.87. The van der Waals surface area contributed by atoms with Gasteiger partial charge in [0, 0.05) is 12.8 Å². The van der Waals surface area contributed by atoms with Crippen molar-refractivity contribution < 1.29 is 9.90 Å². The Bertz CT molecular complexity index is 215. The highest BCUT2D eigenvalue weighted by Crippen LogP contribution is 2.29. The van der Waals surface area contributed by atoms with E-state index in [2.05, 4.69) is 20.8 Å². The third-order valence-corrected chi connectivity index (χ3v) is 3.18. The van der Waals surface area contributed by atoms with Gasteiger partial charge in [0.25, 0.3) is 0 Å². The maximum Gasteiger partial charge on any atom is 0.133 e. The van der Waals surface area contributed by atoms with Crippen LogP contribution in [0.15, 0.2) is 0 Å². The molecule has 0 spiro atoms. The molecule has 88 valence electrons. The number of hydrogen-bond donors (Lipinski definition) is 1. The second-order valence-electron chi connectivity index (χ2n) is 6.14. The molecule has 1 aliphatic rings. The van der Waals surface area contributed by atoms with Crippen molar-refractivity contribution in [2.75, 3.05) is 0 Å². The maximum atomic E-state index is 11.7. The predicted octanol–water partition coefficient (Wildman–Crippen LogP) is 2.93. The Balaban J connectivity index is 2.19. The summed E-state index contributed by atoms with van der Waals surface area (Å²) in [7, 11) is 0. The van der Waals surface area contributed by atoms with Gasteiger partial charge in [-0.3, -0.25) is 4.79 Å². The van der Waals surface area contributed by atoms with Crippen LogP contribution in [0.1, 0.15) is 59.3 Å². The zero-order valence-corrected chi connectivity index (χ0v) is 10.3. The van der Waals surface area contributed by atoms with Crippen molar-refractivity contribution in [2.45, 2.75) is 65.4 Å². The van der Waals surface area contributed by atoms with E-state index >= 15 is 0 Å². The topological polar surface area (TPSA) is 37.3 Å². The number of carbonyl (C=O) groups excluding carboxylic acids is 1. The van der Waals surface area contributed by atoms with Gasteiger partial charge in [-0.25, -0.2) is 0 Å². The van der Waals surface area contributed by atoms with E-state index in [0.717, 1.165) is 25.7 Å². The zero-order chi connectivity index (χ0) is 11.5. The van der Waals surface area contributed by atoms with E-state index in [-0.39, 0.29) is 11.5 Å². The Morgan fingerprint density at radius 1 is 1.33 bits per heavy atom. The summed E-state index contributed by atoms with van der Waals surface area (Å²) in [6, 6.07) is 0. The van der Waals surface area contributed by atoms with Crippen molar-refractivity contribution in [1.82, 2.24) is 0 Å². The molecule has 1 N–H and O–H groups in total. The standard InChI is InChI=1S/C13H24O2/c1-13(2,3)7-6-12(15)9-10-4-5-11(14)8-10/h10-11,14H,4-9H2,1-3H3/t10-,11-/m0/s1. The van der Waals surface area contributed by atoms with Gasteiger partial charge in [-0.15, -0.1) is 0 Å². The van der Waals surface area contributed by atoms with Crippen LogP contribution in [-0.2, 0) is 4.79 Å². The van der Waals surface area contributed by atoms with Gasteiger partial charge >= 0.3 is 0 Å². The van der Waals surface area contributed by atoms with Gasteiger partial charge in [0.15, 0.2) is 0 Å². The summed E-state index contributed by atoms with van der Waals surface area (Å²) in [6.07, 6.45) is 4.97. The summed E-state index contributed by atoms with van der Waals surface area (Å²) in [5, 5.41) is 9.36. The first kappa shape index (κ1) is 12.7. The second-order valence-corrected chi connectivity index (χ2v) is 6.14. The lowest BCUT2D eigenvalue weighted by atomic mass is 9.88. The summed E-state index contributed by atoms with van der Waals surface area (Å²) in [5.41, 5.74) is 0.255. The number of ketones is 1. The molecule has 0 aromatic rings. The van der Waals surface area contributed by atoms with Crippen molar-refractivity contribution in [3.8, 4) is 0 Å². The number of aliphatic hydroxyl groups excluding tert-OH is 1. The molecule has 0 saturated heterocycles. The number of carbonyl (C=O) groups is 1. The van der Waals surface area contributed by atoms with E-state index in [0.29, 0.717) is 24.5 Å². The van der Waals surface area contributed by atoms with Crippen molar-refractivity contribution in [2.24, 2.45) is 11.3 Å². The molecule has 0 heterocycles. The van der Waals surface area contributed by atoms with Crippen LogP contribution in [0.4, 0.5) is 0 Å². The predicted molar refractivity (Wildman–Crippen MR) is 61.7 cm³/mol. The average Bonchev–Trinajstić information content (AvgIpc) is 2.47. The molecule has 1 aliphatic carbocycles. The Labute approximate surface area is 93.1 Å². The first-order valence-electron chi connectivity index (χ1n) is 6.06. The van der Waals surface area contributed by atoms with Crippen LogP contribution < -0.4 is 0 Å². The molecular weight excluding hydrogens is 188 g/mol. The van der Waals surface area contributed by atoms with Gasteiger partial charge in [-0.05, 0) is 37.0 Å². The van der Waals surface area contributed by atoms with Gasteiger partial charge in [-0.1, -0.05) is 20.8 Å². The molecule has 0 bridgehead atoms. The SMILES string of the molecule is CC(C)(C)CCC(=O)C[C@H]1CC[C@H](O)C1. The second kappa shape index (κ2) is 5.11. The van der Waals surface area contributed by atoms with Gasteiger partial charge in [-0.2, -0.15) is 0 Å².